The summed E-state index contributed by atoms with van der Waals surface area (Å²) in [5.41, 5.74) is 0.479. The summed E-state index contributed by atoms with van der Waals surface area (Å²) in [6, 6.07) is 4.86. The number of carboxylic acid groups (broad SMARTS) is 1. The third-order valence-corrected chi connectivity index (χ3v) is 4.26. The number of aromatic carboxylic acids is 1. The minimum atomic E-state index is -1.07. The first-order chi connectivity index (χ1) is 11.4. The van der Waals surface area contributed by atoms with Crippen LogP contribution < -0.4 is 5.32 Å². The van der Waals surface area contributed by atoms with E-state index in [0.717, 1.165) is 21.4 Å². The molecular weight excluding hydrogens is 449 g/mol. The van der Waals surface area contributed by atoms with Crippen molar-refractivity contribution < 1.29 is 24.2 Å². The highest BCUT2D eigenvalue weighted by atomic mass is 127. The normalized spacial score (nSPS) is 17.5. The number of carboxylic acids is 1. The number of halogens is 1. The van der Waals surface area contributed by atoms with E-state index in [9.17, 15) is 14.4 Å². The van der Waals surface area contributed by atoms with Crippen LogP contribution in [0.5, 0.6) is 0 Å². The lowest BCUT2D eigenvalue weighted by molar-refractivity contribution is -0.135. The van der Waals surface area contributed by atoms with Gasteiger partial charge < -0.3 is 9.84 Å². The van der Waals surface area contributed by atoms with Gasteiger partial charge in [-0.3, -0.25) is 10.1 Å². The van der Waals surface area contributed by atoms with Gasteiger partial charge in [0.1, 0.15) is 0 Å². The van der Waals surface area contributed by atoms with Gasteiger partial charge in [-0.05, 0) is 46.5 Å². The van der Waals surface area contributed by atoms with Crippen LogP contribution in [0.2, 0.25) is 0 Å². The van der Waals surface area contributed by atoms with Gasteiger partial charge in [0, 0.05) is 15.2 Å². The molecule has 0 spiro atoms. The minimum absolute atomic E-state index is 0.0974. The lowest BCUT2D eigenvalue weighted by Gasteiger charge is -2.00. The summed E-state index contributed by atoms with van der Waals surface area (Å²) >= 11 is 2.94. The smallest absolute Gasteiger partial charge is 0.336 e. The molecule has 1 aromatic rings. The highest BCUT2D eigenvalue weighted by Gasteiger charge is 2.25. The second kappa shape index (κ2) is 8.06. The Bertz CT molecular complexity index is 804. The number of esters is 1. The standard InChI is InChI=1S/C14H10IN3O5S/c1-23-11(19)5-10-12(20)17-14(24-10)18-16-6-7-2-3-8(15)4-9(7)13(21)22/h2-6H,1H3,(H,21,22)(H,17,18,20)/b10-5+,16-6?. The Hall–Kier alpha value is -2.21. The lowest BCUT2D eigenvalue weighted by atomic mass is 10.1. The highest BCUT2D eigenvalue weighted by Crippen LogP contribution is 2.23. The van der Waals surface area contributed by atoms with E-state index in [1.807, 2.05) is 22.6 Å². The SMILES string of the molecule is COC(=O)/C=C1/S/C(=N\N=Cc2ccc(I)cc2C(=O)O)NC1=O. The van der Waals surface area contributed by atoms with Gasteiger partial charge in [0.15, 0.2) is 5.17 Å². The van der Waals surface area contributed by atoms with Crippen molar-refractivity contribution in [3.8, 4) is 0 Å². The molecule has 2 rings (SSSR count). The second-order valence-corrected chi connectivity index (χ2v) is 6.55. The number of thioether (sulfide) groups is 1. The van der Waals surface area contributed by atoms with Gasteiger partial charge in [0.25, 0.3) is 5.91 Å². The Kier molecular flexibility index (Phi) is 6.09. The largest absolute Gasteiger partial charge is 0.478 e. The third kappa shape index (κ3) is 4.64. The molecular formula is C14H10IN3O5S. The molecule has 24 heavy (non-hydrogen) atoms. The number of ether oxygens (including phenoxy) is 1. The average Bonchev–Trinajstić information content (AvgIpc) is 2.88. The zero-order valence-corrected chi connectivity index (χ0v) is 15.1. The molecule has 0 saturated carbocycles. The molecule has 1 heterocycles. The number of nitrogens with one attached hydrogen (secondary N) is 1. The first-order valence-corrected chi connectivity index (χ1v) is 8.23. The van der Waals surface area contributed by atoms with E-state index >= 15 is 0 Å². The maximum atomic E-state index is 11.6. The Morgan fingerprint density at radius 2 is 2.17 bits per heavy atom. The molecule has 0 aliphatic carbocycles. The fraction of sp³-hybridized carbons (Fsp3) is 0.0714. The molecule has 1 aliphatic rings. The van der Waals surface area contributed by atoms with Crippen LogP contribution in [-0.4, -0.2) is 41.4 Å². The monoisotopic (exact) mass is 459 g/mol. The van der Waals surface area contributed by atoms with E-state index in [1.54, 1.807) is 12.1 Å². The molecule has 1 saturated heterocycles. The Balaban J connectivity index is 2.16. The van der Waals surface area contributed by atoms with Gasteiger partial charge in [0.05, 0.1) is 23.8 Å². The molecule has 1 aromatic carbocycles. The van der Waals surface area contributed by atoms with Crippen molar-refractivity contribution in [1.82, 2.24) is 5.32 Å². The van der Waals surface area contributed by atoms with Crippen LogP contribution in [0.1, 0.15) is 15.9 Å². The van der Waals surface area contributed by atoms with Gasteiger partial charge >= 0.3 is 11.9 Å². The topological polar surface area (TPSA) is 117 Å². The summed E-state index contributed by atoms with van der Waals surface area (Å²) in [6.07, 6.45) is 2.33. The number of carbonyl (C=O) groups excluding carboxylic acids is 2. The predicted octanol–water partition coefficient (Wildman–Crippen LogP) is 1.60. The molecule has 1 aliphatic heterocycles. The average molecular weight is 459 g/mol. The molecule has 0 atom stereocenters. The van der Waals surface area contributed by atoms with E-state index < -0.39 is 17.8 Å². The van der Waals surface area contributed by atoms with Gasteiger partial charge in [-0.1, -0.05) is 6.07 Å². The van der Waals surface area contributed by atoms with Crippen molar-refractivity contribution in [2.75, 3.05) is 7.11 Å². The summed E-state index contributed by atoms with van der Waals surface area (Å²) in [4.78, 5) is 34.1. The fourth-order valence-corrected chi connectivity index (χ4v) is 2.84. The van der Waals surface area contributed by atoms with E-state index in [4.69, 9.17) is 5.11 Å². The number of hydrogen-bond donors (Lipinski definition) is 2. The number of benzene rings is 1. The lowest BCUT2D eigenvalue weighted by Crippen LogP contribution is -2.19. The Morgan fingerprint density at radius 3 is 2.83 bits per heavy atom. The van der Waals surface area contributed by atoms with E-state index in [2.05, 4.69) is 20.3 Å². The molecule has 2 N–H and O–H groups in total. The van der Waals surface area contributed by atoms with Crippen molar-refractivity contribution in [2.45, 2.75) is 0 Å². The second-order valence-electron chi connectivity index (χ2n) is 4.27. The van der Waals surface area contributed by atoms with Crippen LogP contribution in [0, 0.1) is 3.57 Å². The molecule has 1 amide bonds. The quantitative estimate of drug-likeness (QED) is 0.232. The van der Waals surface area contributed by atoms with E-state index in [1.165, 1.54) is 19.4 Å². The summed E-state index contributed by atoms with van der Waals surface area (Å²) in [5.74, 6) is -2.21. The molecule has 0 bridgehead atoms. The van der Waals surface area contributed by atoms with Gasteiger partial charge in [0.2, 0.25) is 0 Å². The summed E-state index contributed by atoms with van der Waals surface area (Å²) < 4.78 is 5.23. The van der Waals surface area contributed by atoms with Crippen LogP contribution >= 0.6 is 34.4 Å². The number of rotatable bonds is 4. The predicted molar refractivity (Wildman–Crippen MR) is 97.0 cm³/mol. The summed E-state index contributed by atoms with van der Waals surface area (Å²) in [5, 5.41) is 19.4. The summed E-state index contributed by atoms with van der Waals surface area (Å²) in [6.45, 7) is 0. The van der Waals surface area contributed by atoms with Crippen molar-refractivity contribution in [3.63, 3.8) is 0 Å². The number of nitrogens with zero attached hydrogens (tertiary/aromatic N) is 2. The van der Waals surface area contributed by atoms with Gasteiger partial charge in [-0.25, -0.2) is 9.59 Å². The minimum Gasteiger partial charge on any atom is -0.478 e. The Morgan fingerprint density at radius 1 is 1.42 bits per heavy atom. The zero-order chi connectivity index (χ0) is 17.7. The molecule has 8 nitrogen and oxygen atoms in total. The van der Waals surface area contributed by atoms with Crippen LogP contribution in [0.4, 0.5) is 0 Å². The van der Waals surface area contributed by atoms with Crippen molar-refractivity contribution >= 4 is 63.6 Å². The number of carbonyl (C=O) groups is 3. The molecule has 10 heteroatoms. The molecule has 0 aromatic heterocycles. The number of methoxy groups -OCH3 is 1. The van der Waals surface area contributed by atoms with Crippen molar-refractivity contribution in [1.29, 1.82) is 0 Å². The van der Waals surface area contributed by atoms with E-state index in [0.29, 0.717) is 5.56 Å². The molecule has 0 unspecified atom stereocenters. The fourth-order valence-electron chi connectivity index (χ4n) is 1.61. The third-order valence-electron chi connectivity index (χ3n) is 2.69. The number of hydrogen-bond acceptors (Lipinski definition) is 7. The van der Waals surface area contributed by atoms with Crippen molar-refractivity contribution in [3.05, 3.63) is 43.9 Å². The van der Waals surface area contributed by atoms with Crippen LogP contribution in [-0.2, 0) is 14.3 Å². The van der Waals surface area contributed by atoms with Crippen molar-refractivity contribution in [2.24, 2.45) is 10.2 Å². The first-order valence-electron chi connectivity index (χ1n) is 6.33. The molecule has 1 fully saturated rings. The maximum Gasteiger partial charge on any atom is 0.336 e. The highest BCUT2D eigenvalue weighted by molar-refractivity contribution is 14.1. The van der Waals surface area contributed by atoms with Gasteiger partial charge in [-0.2, -0.15) is 5.10 Å². The van der Waals surface area contributed by atoms with Gasteiger partial charge in [-0.15, -0.1) is 5.10 Å². The maximum absolute atomic E-state index is 11.6. The van der Waals surface area contributed by atoms with Crippen LogP contribution in [0.3, 0.4) is 0 Å². The molecule has 0 radical (unpaired) electrons. The number of amidine groups is 1. The molecule has 124 valence electrons. The zero-order valence-electron chi connectivity index (χ0n) is 12.1. The Labute approximate surface area is 154 Å². The number of amides is 1. The van der Waals surface area contributed by atoms with Crippen LogP contribution in [0.25, 0.3) is 0 Å². The van der Waals surface area contributed by atoms with Crippen LogP contribution in [0.15, 0.2) is 39.4 Å². The van der Waals surface area contributed by atoms with E-state index in [-0.39, 0.29) is 15.6 Å². The first kappa shape index (κ1) is 18.1. The summed E-state index contributed by atoms with van der Waals surface area (Å²) in [7, 11) is 1.21.